The lowest BCUT2D eigenvalue weighted by Gasteiger charge is -2.02. The first-order valence-electron chi connectivity index (χ1n) is 3.82. The zero-order chi connectivity index (χ0) is 8.69. The normalized spacial score (nSPS) is 15.0. The molecule has 0 aromatic rings. The first-order chi connectivity index (χ1) is 5.33. The Labute approximate surface area is 67.5 Å². The van der Waals surface area contributed by atoms with Crippen LogP contribution in [0.2, 0.25) is 0 Å². The minimum atomic E-state index is 0.369. The van der Waals surface area contributed by atoms with Gasteiger partial charge in [0.1, 0.15) is 0 Å². The second-order valence-electron chi connectivity index (χ2n) is 1.96. The van der Waals surface area contributed by atoms with Gasteiger partial charge in [-0.2, -0.15) is 5.26 Å². The maximum atomic E-state index is 8.83. The van der Waals surface area contributed by atoms with Crippen molar-refractivity contribution in [2.75, 3.05) is 0 Å². The second kappa shape index (κ2) is 5.55. The lowest BCUT2D eigenvalue weighted by molar-refractivity contribution is 0.386. The predicted octanol–water partition coefficient (Wildman–Crippen LogP) is 2.70. The molecule has 0 aromatic carbocycles. The van der Waals surface area contributed by atoms with Crippen LogP contribution in [0.1, 0.15) is 26.7 Å². The highest BCUT2D eigenvalue weighted by Crippen LogP contribution is 2.14. The SMILES string of the molecule is CC.N#CC1=CC=C(O)CC1. The number of nitrogens with zero attached hydrogens (tertiary/aromatic N) is 1. The maximum absolute atomic E-state index is 8.83. The van der Waals surface area contributed by atoms with Crippen molar-refractivity contribution in [3.8, 4) is 6.07 Å². The molecular weight excluding hydrogens is 138 g/mol. The first kappa shape index (κ1) is 9.77. The van der Waals surface area contributed by atoms with Crippen LogP contribution in [0.4, 0.5) is 0 Å². The number of aliphatic hydroxyl groups excluding tert-OH is 1. The van der Waals surface area contributed by atoms with Gasteiger partial charge in [-0.05, 0) is 18.6 Å². The van der Waals surface area contributed by atoms with Gasteiger partial charge in [0.15, 0.2) is 0 Å². The van der Waals surface area contributed by atoms with Gasteiger partial charge in [0.2, 0.25) is 0 Å². The second-order valence-corrected chi connectivity index (χ2v) is 1.96. The molecule has 0 aliphatic heterocycles. The van der Waals surface area contributed by atoms with Crippen molar-refractivity contribution in [3.63, 3.8) is 0 Å². The topological polar surface area (TPSA) is 44.0 Å². The average Bonchev–Trinajstić information content (AvgIpc) is 2.10. The fourth-order valence-corrected chi connectivity index (χ4v) is 0.719. The van der Waals surface area contributed by atoms with Gasteiger partial charge in [0.25, 0.3) is 0 Å². The third-order valence-corrected chi connectivity index (χ3v) is 1.27. The number of hydrogen-bond acceptors (Lipinski definition) is 2. The van der Waals surface area contributed by atoms with Crippen LogP contribution in [0, 0.1) is 11.3 Å². The molecule has 2 heteroatoms. The Kier molecular flexibility index (Phi) is 4.93. The fourth-order valence-electron chi connectivity index (χ4n) is 0.719. The molecule has 0 atom stereocenters. The molecule has 0 unspecified atom stereocenters. The molecule has 0 fully saturated rings. The Morgan fingerprint density at radius 2 is 2.00 bits per heavy atom. The summed E-state index contributed by atoms with van der Waals surface area (Å²) in [6.45, 7) is 4.00. The molecule has 0 radical (unpaired) electrons. The van der Waals surface area contributed by atoms with E-state index in [0.717, 1.165) is 5.57 Å². The minimum Gasteiger partial charge on any atom is -0.512 e. The molecule has 1 N–H and O–H groups in total. The van der Waals surface area contributed by atoms with Crippen molar-refractivity contribution < 1.29 is 5.11 Å². The van der Waals surface area contributed by atoms with E-state index in [9.17, 15) is 0 Å². The predicted molar refractivity (Wildman–Crippen MR) is 45.0 cm³/mol. The van der Waals surface area contributed by atoms with Gasteiger partial charge < -0.3 is 5.11 Å². The monoisotopic (exact) mass is 151 g/mol. The highest BCUT2D eigenvalue weighted by Gasteiger charge is 2.02. The molecule has 0 saturated carbocycles. The summed E-state index contributed by atoms with van der Waals surface area (Å²) >= 11 is 0. The lowest BCUT2D eigenvalue weighted by atomic mass is 10.1. The molecule has 0 aromatic heterocycles. The van der Waals surface area contributed by atoms with E-state index >= 15 is 0 Å². The van der Waals surface area contributed by atoms with Crippen molar-refractivity contribution in [1.82, 2.24) is 0 Å². The van der Waals surface area contributed by atoms with Crippen LogP contribution >= 0.6 is 0 Å². The summed E-state index contributed by atoms with van der Waals surface area (Å²) in [5.74, 6) is 0.369. The third-order valence-electron chi connectivity index (χ3n) is 1.27. The summed E-state index contributed by atoms with van der Waals surface area (Å²) in [5, 5.41) is 17.2. The maximum Gasteiger partial charge on any atom is 0.0947 e. The molecule has 1 aliphatic carbocycles. The lowest BCUT2D eigenvalue weighted by Crippen LogP contribution is -1.89. The van der Waals surface area contributed by atoms with Crippen LogP contribution in [-0.2, 0) is 0 Å². The number of allylic oxidation sites excluding steroid dienone is 4. The van der Waals surface area contributed by atoms with Gasteiger partial charge >= 0.3 is 0 Å². The smallest absolute Gasteiger partial charge is 0.0947 e. The summed E-state index contributed by atoms with van der Waals surface area (Å²) in [7, 11) is 0. The summed E-state index contributed by atoms with van der Waals surface area (Å²) in [5.41, 5.74) is 0.743. The Morgan fingerprint density at radius 1 is 1.36 bits per heavy atom. The van der Waals surface area contributed by atoms with E-state index in [1.165, 1.54) is 0 Å². The average molecular weight is 151 g/mol. The quantitative estimate of drug-likeness (QED) is 0.578. The summed E-state index contributed by atoms with van der Waals surface area (Å²) in [6.07, 6.45) is 4.51. The zero-order valence-electron chi connectivity index (χ0n) is 6.96. The van der Waals surface area contributed by atoms with Crippen molar-refractivity contribution in [2.24, 2.45) is 0 Å². The summed E-state index contributed by atoms with van der Waals surface area (Å²) in [6, 6.07) is 2.03. The van der Waals surface area contributed by atoms with E-state index in [-0.39, 0.29) is 0 Å². The van der Waals surface area contributed by atoms with Crippen molar-refractivity contribution in [1.29, 1.82) is 5.26 Å². The van der Waals surface area contributed by atoms with E-state index in [4.69, 9.17) is 10.4 Å². The molecule has 1 rings (SSSR count). The van der Waals surface area contributed by atoms with E-state index in [1.54, 1.807) is 12.2 Å². The van der Waals surface area contributed by atoms with Crippen molar-refractivity contribution in [3.05, 3.63) is 23.5 Å². The Morgan fingerprint density at radius 3 is 2.36 bits per heavy atom. The van der Waals surface area contributed by atoms with Crippen LogP contribution in [0.5, 0.6) is 0 Å². The van der Waals surface area contributed by atoms with Crippen LogP contribution in [0.15, 0.2) is 23.5 Å². The number of nitriles is 1. The molecule has 0 heterocycles. The first-order valence-corrected chi connectivity index (χ1v) is 3.82. The standard InChI is InChI=1S/C7H7NO.C2H6/c8-5-6-1-3-7(9)4-2-6;1-2/h1,3,9H,2,4H2;1-2H3. The van der Waals surface area contributed by atoms with Gasteiger partial charge in [-0.25, -0.2) is 0 Å². The van der Waals surface area contributed by atoms with Gasteiger partial charge in [-0.3, -0.25) is 0 Å². The van der Waals surface area contributed by atoms with Crippen molar-refractivity contribution >= 4 is 0 Å². The van der Waals surface area contributed by atoms with Crippen molar-refractivity contribution in [2.45, 2.75) is 26.7 Å². The van der Waals surface area contributed by atoms with Crippen LogP contribution in [0.25, 0.3) is 0 Å². The molecule has 0 spiro atoms. The van der Waals surface area contributed by atoms with Crippen LogP contribution in [0.3, 0.4) is 0 Å². The molecule has 0 amide bonds. The molecule has 0 saturated heterocycles. The van der Waals surface area contributed by atoms with Gasteiger partial charge in [0, 0.05) is 12.0 Å². The largest absolute Gasteiger partial charge is 0.512 e. The van der Waals surface area contributed by atoms with E-state index in [0.29, 0.717) is 18.6 Å². The number of rotatable bonds is 0. The molecule has 11 heavy (non-hydrogen) atoms. The molecular formula is C9H13NO. The molecule has 60 valence electrons. The van der Waals surface area contributed by atoms with E-state index < -0.39 is 0 Å². The van der Waals surface area contributed by atoms with Crippen LogP contribution < -0.4 is 0 Å². The molecule has 1 aliphatic rings. The minimum absolute atomic E-state index is 0.369. The Hall–Kier alpha value is -1.23. The number of hydrogen-bond donors (Lipinski definition) is 1. The van der Waals surface area contributed by atoms with Gasteiger partial charge in [-0.1, -0.05) is 13.8 Å². The third kappa shape index (κ3) is 3.47. The Bertz CT molecular complexity index is 208. The number of aliphatic hydroxyl groups is 1. The Balaban J connectivity index is 0.000000461. The summed E-state index contributed by atoms with van der Waals surface area (Å²) in [4.78, 5) is 0. The fraction of sp³-hybridized carbons (Fsp3) is 0.444. The zero-order valence-corrected chi connectivity index (χ0v) is 6.96. The molecule has 0 bridgehead atoms. The highest BCUT2D eigenvalue weighted by atomic mass is 16.3. The summed E-state index contributed by atoms with van der Waals surface area (Å²) < 4.78 is 0. The van der Waals surface area contributed by atoms with Gasteiger partial charge in [0.05, 0.1) is 11.8 Å². The molecule has 2 nitrogen and oxygen atoms in total. The van der Waals surface area contributed by atoms with Crippen LogP contribution in [-0.4, -0.2) is 5.11 Å². The highest BCUT2D eigenvalue weighted by molar-refractivity contribution is 5.30. The van der Waals surface area contributed by atoms with Gasteiger partial charge in [-0.15, -0.1) is 0 Å². The van der Waals surface area contributed by atoms with E-state index in [2.05, 4.69) is 0 Å². The van der Waals surface area contributed by atoms with E-state index in [1.807, 2.05) is 19.9 Å².